The van der Waals surface area contributed by atoms with Gasteiger partial charge in [-0.3, -0.25) is 4.99 Å². The van der Waals surface area contributed by atoms with Crippen molar-refractivity contribution in [2.45, 2.75) is 26.3 Å². The van der Waals surface area contributed by atoms with Crippen LogP contribution in [0, 0.1) is 0 Å². The molecule has 0 aliphatic carbocycles. The molecule has 17 heavy (non-hydrogen) atoms. The number of nitrogens with one attached hydrogen (secondary N) is 1. The summed E-state index contributed by atoms with van der Waals surface area (Å²) in [6, 6.07) is 8.94. The van der Waals surface area contributed by atoms with Crippen LogP contribution in [0.4, 0.5) is 0 Å². The van der Waals surface area contributed by atoms with E-state index in [-0.39, 0.29) is 0 Å². The van der Waals surface area contributed by atoms with Gasteiger partial charge in [-0.1, -0.05) is 25.1 Å². The summed E-state index contributed by atoms with van der Waals surface area (Å²) < 4.78 is 0. The minimum absolute atomic E-state index is 0.399. The van der Waals surface area contributed by atoms with Gasteiger partial charge in [0.2, 0.25) is 0 Å². The number of aliphatic imine (C=N–C) groups is 1. The quantitative estimate of drug-likeness (QED) is 0.815. The highest BCUT2D eigenvalue weighted by Gasteiger charge is 2.22. The van der Waals surface area contributed by atoms with E-state index in [0.29, 0.717) is 6.04 Å². The Labute approximate surface area is 106 Å². The summed E-state index contributed by atoms with van der Waals surface area (Å²) in [4.78, 5) is 8.28. The molecule has 88 valence electrons. The van der Waals surface area contributed by atoms with Crippen LogP contribution in [0.5, 0.6) is 0 Å². The van der Waals surface area contributed by atoms with E-state index in [9.17, 15) is 0 Å². The summed E-state index contributed by atoms with van der Waals surface area (Å²) in [5.41, 5.74) is 3.92. The molecule has 1 N–H and O–H groups in total. The Balaban J connectivity index is 2.20. The number of thioether (sulfide) groups is 1. The minimum atomic E-state index is 0.399. The Morgan fingerprint density at radius 3 is 3.06 bits per heavy atom. The highest BCUT2D eigenvalue weighted by molar-refractivity contribution is 8.14. The van der Waals surface area contributed by atoms with Crippen molar-refractivity contribution >= 4 is 27.7 Å². The molecule has 2 aromatic rings. The summed E-state index contributed by atoms with van der Waals surface area (Å²) >= 11 is 1.83. The largest absolute Gasteiger partial charge is 0.353 e. The van der Waals surface area contributed by atoms with Gasteiger partial charge in [0.05, 0.1) is 11.7 Å². The fraction of sp³-hybridized carbons (Fsp3) is 0.357. The minimum Gasteiger partial charge on any atom is -0.353 e. The summed E-state index contributed by atoms with van der Waals surface area (Å²) in [5.74, 6) is 1.07. The maximum Gasteiger partial charge on any atom is 0.115 e. The lowest BCUT2D eigenvalue weighted by molar-refractivity contribution is 0.733. The number of aromatic nitrogens is 1. The second-order valence-electron chi connectivity index (χ2n) is 4.44. The van der Waals surface area contributed by atoms with E-state index in [2.05, 4.69) is 43.1 Å². The maximum absolute atomic E-state index is 4.76. The van der Waals surface area contributed by atoms with E-state index in [1.54, 1.807) is 0 Å². The lowest BCUT2D eigenvalue weighted by Gasteiger charge is -2.17. The summed E-state index contributed by atoms with van der Waals surface area (Å²) in [6.45, 7) is 4.37. The first kappa shape index (κ1) is 10.9. The van der Waals surface area contributed by atoms with Gasteiger partial charge < -0.3 is 4.98 Å². The van der Waals surface area contributed by atoms with Crippen molar-refractivity contribution in [2.75, 3.05) is 5.75 Å². The molecular weight excluding hydrogens is 228 g/mol. The average Bonchev–Trinajstić information content (AvgIpc) is 2.69. The predicted molar refractivity (Wildman–Crippen MR) is 76.1 cm³/mol. The summed E-state index contributed by atoms with van der Waals surface area (Å²) in [7, 11) is 0. The van der Waals surface area contributed by atoms with Crippen LogP contribution in [0.1, 0.15) is 25.1 Å². The maximum atomic E-state index is 4.76. The lowest BCUT2D eigenvalue weighted by Crippen LogP contribution is -2.16. The number of nitrogens with zero attached hydrogens (tertiary/aromatic N) is 1. The van der Waals surface area contributed by atoms with Crippen molar-refractivity contribution in [2.24, 2.45) is 4.99 Å². The topological polar surface area (TPSA) is 28.1 Å². The summed E-state index contributed by atoms with van der Waals surface area (Å²) in [6.07, 6.45) is 1.05. The number of hydrogen-bond acceptors (Lipinski definition) is 2. The van der Waals surface area contributed by atoms with Gasteiger partial charge in [0, 0.05) is 10.9 Å². The van der Waals surface area contributed by atoms with Crippen LogP contribution in [0.15, 0.2) is 29.3 Å². The number of H-pyrrole nitrogens is 1. The Hall–Kier alpha value is -1.22. The number of rotatable bonds is 1. The molecule has 0 fully saturated rings. The van der Waals surface area contributed by atoms with Crippen molar-refractivity contribution in [3.63, 3.8) is 0 Å². The third-order valence-electron chi connectivity index (χ3n) is 3.15. The van der Waals surface area contributed by atoms with Crippen LogP contribution < -0.4 is 0 Å². The Morgan fingerprint density at radius 1 is 1.41 bits per heavy atom. The van der Waals surface area contributed by atoms with E-state index >= 15 is 0 Å². The van der Waals surface area contributed by atoms with E-state index in [0.717, 1.165) is 12.2 Å². The number of benzene rings is 1. The molecule has 1 aromatic carbocycles. The van der Waals surface area contributed by atoms with Crippen LogP contribution in [0.3, 0.4) is 0 Å². The number of para-hydroxylation sites is 1. The second kappa shape index (κ2) is 4.22. The molecule has 1 aliphatic heterocycles. The van der Waals surface area contributed by atoms with Gasteiger partial charge in [0.1, 0.15) is 5.04 Å². The molecule has 0 amide bonds. The third-order valence-corrected chi connectivity index (χ3v) is 4.02. The molecule has 1 atom stereocenters. The molecule has 1 aliphatic rings. The molecule has 0 bridgehead atoms. The number of aromatic amines is 1. The van der Waals surface area contributed by atoms with Crippen molar-refractivity contribution in [3.8, 4) is 0 Å². The van der Waals surface area contributed by atoms with E-state index < -0.39 is 0 Å². The first-order valence-corrected chi connectivity index (χ1v) is 7.08. The van der Waals surface area contributed by atoms with Crippen LogP contribution in [-0.2, 0) is 6.42 Å². The molecule has 0 saturated heterocycles. The molecule has 3 heteroatoms. The molecule has 2 heterocycles. The highest BCUT2D eigenvalue weighted by Crippen LogP contribution is 2.31. The molecule has 0 spiro atoms. The van der Waals surface area contributed by atoms with E-state index in [4.69, 9.17) is 4.99 Å². The molecule has 2 nitrogen and oxygen atoms in total. The molecule has 0 saturated carbocycles. The predicted octanol–water partition coefficient (Wildman–Crippen LogP) is 3.61. The second-order valence-corrected chi connectivity index (χ2v) is 5.70. The van der Waals surface area contributed by atoms with Crippen LogP contribution in [0.2, 0.25) is 0 Å². The molecular formula is C14H16N2S. The highest BCUT2D eigenvalue weighted by atomic mass is 32.2. The van der Waals surface area contributed by atoms with Crippen molar-refractivity contribution < 1.29 is 0 Å². The van der Waals surface area contributed by atoms with Crippen LogP contribution in [0.25, 0.3) is 10.9 Å². The summed E-state index contributed by atoms with van der Waals surface area (Å²) in [5, 5.41) is 2.54. The lowest BCUT2D eigenvalue weighted by atomic mass is 10.0. The first-order chi connectivity index (χ1) is 8.29. The van der Waals surface area contributed by atoms with Gasteiger partial charge >= 0.3 is 0 Å². The number of fused-ring (bicyclic) bond motifs is 3. The molecule has 1 aromatic heterocycles. The van der Waals surface area contributed by atoms with Crippen LogP contribution >= 0.6 is 11.8 Å². The zero-order valence-electron chi connectivity index (χ0n) is 10.2. The molecule has 0 radical (unpaired) electrons. The number of hydrogen-bond donors (Lipinski definition) is 1. The first-order valence-electron chi connectivity index (χ1n) is 6.10. The van der Waals surface area contributed by atoms with Gasteiger partial charge in [0.15, 0.2) is 0 Å². The SMILES string of the molecule is CCSC1=NC(C)Cc2c1[nH]c1ccccc21. The average molecular weight is 244 g/mol. The Bertz CT molecular complexity index is 583. The van der Waals surface area contributed by atoms with Crippen molar-refractivity contribution in [1.29, 1.82) is 0 Å². The Kier molecular flexibility index (Phi) is 2.71. The van der Waals surface area contributed by atoms with Crippen LogP contribution in [-0.4, -0.2) is 21.8 Å². The molecule has 1 unspecified atom stereocenters. The molecule has 3 rings (SSSR count). The van der Waals surface area contributed by atoms with E-state index in [1.807, 2.05) is 11.8 Å². The Morgan fingerprint density at radius 2 is 2.24 bits per heavy atom. The van der Waals surface area contributed by atoms with Crippen molar-refractivity contribution in [1.82, 2.24) is 4.98 Å². The normalized spacial score (nSPS) is 19.2. The van der Waals surface area contributed by atoms with Gasteiger partial charge in [-0.15, -0.1) is 11.8 Å². The van der Waals surface area contributed by atoms with Gasteiger partial charge in [-0.25, -0.2) is 0 Å². The van der Waals surface area contributed by atoms with Gasteiger partial charge in [-0.2, -0.15) is 0 Å². The smallest absolute Gasteiger partial charge is 0.115 e. The zero-order valence-corrected chi connectivity index (χ0v) is 11.0. The zero-order chi connectivity index (χ0) is 11.8. The third kappa shape index (κ3) is 1.78. The standard InChI is InChI=1S/C14H16N2S/c1-3-17-14-13-11(8-9(2)15-14)10-6-4-5-7-12(10)16-13/h4-7,9,16H,3,8H2,1-2H3. The van der Waals surface area contributed by atoms with Crippen molar-refractivity contribution in [3.05, 3.63) is 35.5 Å². The van der Waals surface area contributed by atoms with Gasteiger partial charge in [-0.05, 0) is 30.7 Å². The fourth-order valence-corrected chi connectivity index (χ4v) is 3.29. The fourth-order valence-electron chi connectivity index (χ4n) is 2.45. The van der Waals surface area contributed by atoms with Gasteiger partial charge in [0.25, 0.3) is 0 Å². The van der Waals surface area contributed by atoms with E-state index in [1.165, 1.54) is 27.2 Å². The monoisotopic (exact) mass is 244 g/mol.